The maximum atomic E-state index is 11.6. The van der Waals surface area contributed by atoms with Crippen molar-refractivity contribution in [3.63, 3.8) is 0 Å². The topological polar surface area (TPSA) is 84.9 Å². The van der Waals surface area contributed by atoms with E-state index in [2.05, 4.69) is 5.32 Å². The Bertz CT molecular complexity index is 551. The largest absolute Gasteiger partial charge is 0.493 e. The zero-order valence-electron chi connectivity index (χ0n) is 12.3. The van der Waals surface area contributed by atoms with Gasteiger partial charge in [0.25, 0.3) is 0 Å². The van der Waals surface area contributed by atoms with Crippen LogP contribution in [0.4, 0.5) is 0 Å². The first-order chi connectivity index (χ1) is 9.97. The van der Waals surface area contributed by atoms with Crippen LogP contribution in [0.1, 0.15) is 12.5 Å². The average Bonchev–Trinajstić information content (AvgIpc) is 2.46. The van der Waals surface area contributed by atoms with E-state index in [1.165, 1.54) is 6.92 Å². The molecule has 6 heteroatoms. The third-order valence-electron chi connectivity index (χ3n) is 2.85. The Morgan fingerprint density at radius 2 is 1.90 bits per heavy atom. The molecular formula is C15H19NO5. The summed E-state index contributed by atoms with van der Waals surface area (Å²) in [5, 5.41) is 11.2. The van der Waals surface area contributed by atoms with Crippen LogP contribution < -0.4 is 14.8 Å². The minimum atomic E-state index is -1.14. The molecule has 21 heavy (non-hydrogen) atoms. The van der Waals surface area contributed by atoms with Crippen LogP contribution in [0.15, 0.2) is 29.8 Å². The summed E-state index contributed by atoms with van der Waals surface area (Å²) in [4.78, 5) is 22.1. The van der Waals surface area contributed by atoms with Gasteiger partial charge < -0.3 is 19.9 Å². The van der Waals surface area contributed by atoms with E-state index in [4.69, 9.17) is 14.6 Å². The van der Waals surface area contributed by atoms with Gasteiger partial charge >= 0.3 is 5.97 Å². The summed E-state index contributed by atoms with van der Waals surface area (Å²) in [6.45, 7) is 1.86. The third kappa shape index (κ3) is 5.18. The van der Waals surface area contributed by atoms with Gasteiger partial charge in [-0.1, -0.05) is 6.07 Å². The molecule has 0 aliphatic heterocycles. The number of rotatable bonds is 7. The van der Waals surface area contributed by atoms with Crippen molar-refractivity contribution < 1.29 is 24.2 Å². The number of benzene rings is 1. The minimum Gasteiger partial charge on any atom is -0.493 e. The van der Waals surface area contributed by atoms with Crippen molar-refractivity contribution in [1.82, 2.24) is 5.32 Å². The van der Waals surface area contributed by atoms with Crippen LogP contribution in [0.2, 0.25) is 0 Å². The van der Waals surface area contributed by atoms with Gasteiger partial charge in [0.05, 0.1) is 14.2 Å². The SMILES string of the molecule is COc1ccc(CCNC(=O)/C(C)=C/C(=O)O)cc1OC. The maximum absolute atomic E-state index is 11.6. The van der Waals surface area contributed by atoms with Gasteiger partial charge in [0.15, 0.2) is 11.5 Å². The van der Waals surface area contributed by atoms with Gasteiger partial charge in [-0.2, -0.15) is 0 Å². The molecule has 0 aliphatic rings. The van der Waals surface area contributed by atoms with Gasteiger partial charge in [-0.3, -0.25) is 4.79 Å². The second-order valence-electron chi connectivity index (χ2n) is 4.36. The standard InChI is InChI=1S/C15H19NO5/c1-10(8-14(17)18)15(19)16-7-6-11-4-5-12(20-2)13(9-11)21-3/h4-5,8-9H,6-7H2,1-3H3,(H,16,19)(H,17,18)/b10-8+. The molecule has 1 amide bonds. The molecule has 1 aromatic carbocycles. The van der Waals surface area contributed by atoms with E-state index in [0.29, 0.717) is 24.5 Å². The average molecular weight is 293 g/mol. The fourth-order valence-electron chi connectivity index (χ4n) is 1.75. The molecule has 2 N–H and O–H groups in total. The highest BCUT2D eigenvalue weighted by molar-refractivity contribution is 5.98. The summed E-state index contributed by atoms with van der Waals surface area (Å²) in [5.41, 5.74) is 1.14. The molecular weight excluding hydrogens is 274 g/mol. The van der Waals surface area contributed by atoms with Crippen LogP contribution in [0.3, 0.4) is 0 Å². The molecule has 0 atom stereocenters. The van der Waals surface area contributed by atoms with Crippen LogP contribution in [-0.2, 0) is 16.0 Å². The number of carboxylic acids is 1. The Labute approximate surface area is 123 Å². The molecule has 1 aromatic rings. The van der Waals surface area contributed by atoms with Gasteiger partial charge in [0.1, 0.15) is 0 Å². The number of hydrogen-bond acceptors (Lipinski definition) is 4. The Balaban J connectivity index is 2.57. The molecule has 0 bridgehead atoms. The molecule has 0 heterocycles. The molecule has 0 unspecified atom stereocenters. The summed E-state index contributed by atoms with van der Waals surface area (Å²) in [5.74, 6) is -0.255. The highest BCUT2D eigenvalue weighted by Crippen LogP contribution is 2.27. The Morgan fingerprint density at radius 3 is 2.48 bits per heavy atom. The van der Waals surface area contributed by atoms with Crippen molar-refractivity contribution in [1.29, 1.82) is 0 Å². The lowest BCUT2D eigenvalue weighted by Crippen LogP contribution is -2.26. The van der Waals surface area contributed by atoms with E-state index < -0.39 is 11.9 Å². The van der Waals surface area contributed by atoms with Crippen molar-refractivity contribution >= 4 is 11.9 Å². The monoisotopic (exact) mass is 293 g/mol. The lowest BCUT2D eigenvalue weighted by molar-refractivity contribution is -0.131. The van der Waals surface area contributed by atoms with Crippen LogP contribution >= 0.6 is 0 Å². The second-order valence-corrected chi connectivity index (χ2v) is 4.36. The van der Waals surface area contributed by atoms with E-state index >= 15 is 0 Å². The number of ether oxygens (including phenoxy) is 2. The first kappa shape index (κ1) is 16.6. The molecule has 0 radical (unpaired) electrons. The predicted octanol–water partition coefficient (Wildman–Crippen LogP) is 1.39. The Hall–Kier alpha value is -2.50. The fraction of sp³-hybridized carbons (Fsp3) is 0.333. The third-order valence-corrected chi connectivity index (χ3v) is 2.85. The molecule has 0 aliphatic carbocycles. The smallest absolute Gasteiger partial charge is 0.328 e. The second kappa shape index (κ2) is 7.94. The van der Waals surface area contributed by atoms with Crippen LogP contribution in [0.25, 0.3) is 0 Å². The number of hydrogen-bond donors (Lipinski definition) is 2. The number of carbonyl (C=O) groups is 2. The van der Waals surface area contributed by atoms with Crippen molar-refractivity contribution in [2.75, 3.05) is 20.8 Å². The Kier molecular flexibility index (Phi) is 6.26. The molecule has 0 fully saturated rings. The van der Waals surface area contributed by atoms with Crippen molar-refractivity contribution in [2.24, 2.45) is 0 Å². The van der Waals surface area contributed by atoms with Gasteiger partial charge in [0, 0.05) is 18.2 Å². The lowest BCUT2D eigenvalue weighted by Gasteiger charge is -2.10. The summed E-state index contributed by atoms with van der Waals surface area (Å²) in [6.07, 6.45) is 1.48. The van der Waals surface area contributed by atoms with Crippen LogP contribution in [0.5, 0.6) is 11.5 Å². The van der Waals surface area contributed by atoms with Crippen molar-refractivity contribution in [2.45, 2.75) is 13.3 Å². The molecule has 0 aromatic heterocycles. The van der Waals surface area contributed by atoms with Crippen LogP contribution in [-0.4, -0.2) is 37.7 Å². The number of nitrogens with one attached hydrogen (secondary N) is 1. The number of aliphatic carboxylic acids is 1. The molecule has 0 saturated carbocycles. The lowest BCUT2D eigenvalue weighted by atomic mass is 10.1. The van der Waals surface area contributed by atoms with E-state index in [1.807, 2.05) is 12.1 Å². The predicted molar refractivity (Wildman–Crippen MR) is 77.7 cm³/mol. The van der Waals surface area contributed by atoms with Gasteiger partial charge in [0.2, 0.25) is 5.91 Å². The molecule has 6 nitrogen and oxygen atoms in total. The highest BCUT2D eigenvalue weighted by atomic mass is 16.5. The van der Waals surface area contributed by atoms with Gasteiger partial charge in [-0.25, -0.2) is 4.79 Å². The zero-order chi connectivity index (χ0) is 15.8. The van der Waals surface area contributed by atoms with E-state index in [-0.39, 0.29) is 5.57 Å². The number of methoxy groups -OCH3 is 2. The fourth-order valence-corrected chi connectivity index (χ4v) is 1.75. The van der Waals surface area contributed by atoms with Crippen LogP contribution in [0, 0.1) is 0 Å². The number of carbonyl (C=O) groups excluding carboxylic acids is 1. The quantitative estimate of drug-likeness (QED) is 0.742. The van der Waals surface area contributed by atoms with E-state index in [1.54, 1.807) is 20.3 Å². The maximum Gasteiger partial charge on any atom is 0.328 e. The molecule has 0 saturated heterocycles. The first-order valence-electron chi connectivity index (χ1n) is 6.38. The first-order valence-corrected chi connectivity index (χ1v) is 6.38. The minimum absolute atomic E-state index is 0.162. The van der Waals surface area contributed by atoms with Gasteiger partial charge in [-0.05, 0) is 31.0 Å². The number of amides is 1. The van der Waals surface area contributed by atoms with Crippen molar-refractivity contribution in [3.05, 3.63) is 35.4 Å². The number of carboxylic acid groups (broad SMARTS) is 1. The van der Waals surface area contributed by atoms with E-state index in [9.17, 15) is 9.59 Å². The van der Waals surface area contributed by atoms with E-state index in [0.717, 1.165) is 11.6 Å². The van der Waals surface area contributed by atoms with Gasteiger partial charge in [-0.15, -0.1) is 0 Å². The molecule has 1 rings (SSSR count). The summed E-state index contributed by atoms with van der Waals surface area (Å²) < 4.78 is 10.3. The summed E-state index contributed by atoms with van der Waals surface area (Å²) in [7, 11) is 3.12. The summed E-state index contributed by atoms with van der Waals surface area (Å²) in [6, 6.07) is 5.52. The molecule has 114 valence electrons. The Morgan fingerprint density at radius 1 is 1.24 bits per heavy atom. The summed E-state index contributed by atoms with van der Waals surface area (Å²) >= 11 is 0. The highest BCUT2D eigenvalue weighted by Gasteiger charge is 2.07. The van der Waals surface area contributed by atoms with Crippen molar-refractivity contribution in [3.8, 4) is 11.5 Å². The normalized spacial score (nSPS) is 10.9. The zero-order valence-corrected chi connectivity index (χ0v) is 12.3. The molecule has 0 spiro atoms.